The number of fused-ring (bicyclic) bond motifs is 2. The summed E-state index contributed by atoms with van der Waals surface area (Å²) in [5.74, 6) is 0.184. The van der Waals surface area contributed by atoms with Crippen molar-refractivity contribution in [1.29, 1.82) is 0 Å². The molecule has 1 aliphatic heterocycles. The van der Waals surface area contributed by atoms with Gasteiger partial charge in [0.15, 0.2) is 0 Å². The average Bonchev–Trinajstić information content (AvgIpc) is 2.14. The highest BCUT2D eigenvalue weighted by Gasteiger charge is 2.44. The number of anilines is 1. The first kappa shape index (κ1) is 8.04. The number of hydrogen-bond donors (Lipinski definition) is 1. The molecule has 14 heavy (non-hydrogen) atoms. The van der Waals surface area contributed by atoms with Gasteiger partial charge in [-0.2, -0.15) is 0 Å². The Kier molecular flexibility index (Phi) is 1.49. The molecule has 2 nitrogen and oxygen atoms in total. The van der Waals surface area contributed by atoms with Crippen molar-refractivity contribution in [3.8, 4) is 0 Å². The summed E-state index contributed by atoms with van der Waals surface area (Å²) >= 11 is 0. The Balaban J connectivity index is 2.14. The number of amides is 1. The lowest BCUT2D eigenvalue weighted by Crippen LogP contribution is -2.42. The van der Waals surface area contributed by atoms with Crippen LogP contribution in [0, 0.1) is 0 Å². The topological polar surface area (TPSA) is 29.1 Å². The zero-order chi connectivity index (χ0) is 9.60. The molecular formula is C12H13NO. The van der Waals surface area contributed by atoms with Gasteiger partial charge in [-0.3, -0.25) is 4.79 Å². The highest BCUT2D eigenvalue weighted by atomic mass is 16.1. The number of hydrogen-bond acceptors (Lipinski definition) is 1. The van der Waals surface area contributed by atoms with Crippen molar-refractivity contribution in [1.82, 2.24) is 0 Å². The van der Waals surface area contributed by atoms with Crippen LogP contribution in [0.3, 0.4) is 0 Å². The third-order valence-electron chi connectivity index (χ3n) is 3.58. The summed E-state index contributed by atoms with van der Waals surface area (Å²) in [5, 5.41) is 2.94. The van der Waals surface area contributed by atoms with E-state index in [0.717, 1.165) is 5.69 Å². The number of benzene rings is 1. The van der Waals surface area contributed by atoms with Crippen LogP contribution in [0.2, 0.25) is 0 Å². The summed E-state index contributed by atoms with van der Waals surface area (Å²) < 4.78 is 0. The molecule has 2 heteroatoms. The van der Waals surface area contributed by atoms with Gasteiger partial charge in [0.05, 0.1) is 0 Å². The molecule has 72 valence electrons. The maximum Gasteiger partial charge on any atom is 0.225 e. The van der Waals surface area contributed by atoms with Gasteiger partial charge in [-0.25, -0.2) is 0 Å². The molecule has 2 aliphatic rings. The highest BCUT2D eigenvalue weighted by Crippen LogP contribution is 2.50. The van der Waals surface area contributed by atoms with Crippen molar-refractivity contribution in [3.63, 3.8) is 0 Å². The van der Waals surface area contributed by atoms with E-state index in [-0.39, 0.29) is 11.3 Å². The van der Waals surface area contributed by atoms with Crippen LogP contribution in [0.15, 0.2) is 24.3 Å². The van der Waals surface area contributed by atoms with Gasteiger partial charge < -0.3 is 5.32 Å². The fourth-order valence-corrected chi connectivity index (χ4v) is 2.70. The molecule has 1 saturated carbocycles. The van der Waals surface area contributed by atoms with Crippen LogP contribution < -0.4 is 5.32 Å². The zero-order valence-electron chi connectivity index (χ0n) is 8.05. The second-order valence-electron chi connectivity index (χ2n) is 4.40. The van der Waals surface area contributed by atoms with E-state index in [1.807, 2.05) is 12.1 Å². The van der Waals surface area contributed by atoms with Gasteiger partial charge in [-0.1, -0.05) is 24.6 Å². The van der Waals surface area contributed by atoms with Crippen molar-refractivity contribution in [2.45, 2.75) is 31.1 Å². The molecule has 1 spiro atoms. The fourth-order valence-electron chi connectivity index (χ4n) is 2.70. The lowest BCUT2D eigenvalue weighted by atomic mass is 9.61. The Bertz CT molecular complexity index is 393. The van der Waals surface area contributed by atoms with E-state index in [1.165, 1.54) is 24.8 Å². The fraction of sp³-hybridized carbons (Fsp3) is 0.417. The van der Waals surface area contributed by atoms with Crippen LogP contribution in [-0.4, -0.2) is 5.91 Å². The van der Waals surface area contributed by atoms with Crippen LogP contribution >= 0.6 is 0 Å². The predicted octanol–water partition coefficient (Wildman–Crippen LogP) is 2.45. The molecule has 0 aromatic heterocycles. The maximum absolute atomic E-state index is 11.5. The third kappa shape index (κ3) is 0.939. The summed E-state index contributed by atoms with van der Waals surface area (Å²) in [6, 6.07) is 8.22. The molecule has 3 rings (SSSR count). The van der Waals surface area contributed by atoms with Crippen molar-refractivity contribution >= 4 is 11.6 Å². The van der Waals surface area contributed by atoms with E-state index in [1.54, 1.807) is 0 Å². The largest absolute Gasteiger partial charge is 0.326 e. The lowest BCUT2D eigenvalue weighted by Gasteiger charge is -2.45. The third-order valence-corrected chi connectivity index (χ3v) is 3.58. The van der Waals surface area contributed by atoms with Crippen molar-refractivity contribution < 1.29 is 4.79 Å². The van der Waals surface area contributed by atoms with Gasteiger partial charge >= 0.3 is 0 Å². The molecule has 1 aromatic carbocycles. The number of rotatable bonds is 0. The number of nitrogens with one attached hydrogen (secondary N) is 1. The summed E-state index contributed by atoms with van der Waals surface area (Å²) in [4.78, 5) is 11.5. The molecule has 0 unspecified atom stereocenters. The molecule has 0 saturated heterocycles. The molecule has 0 bridgehead atoms. The van der Waals surface area contributed by atoms with Crippen LogP contribution in [0.4, 0.5) is 5.69 Å². The number of carbonyl (C=O) groups is 1. The molecule has 1 N–H and O–H groups in total. The van der Waals surface area contributed by atoms with E-state index < -0.39 is 0 Å². The average molecular weight is 187 g/mol. The van der Waals surface area contributed by atoms with Crippen LogP contribution in [0.25, 0.3) is 0 Å². The first-order chi connectivity index (χ1) is 6.80. The predicted molar refractivity (Wildman–Crippen MR) is 55.2 cm³/mol. The van der Waals surface area contributed by atoms with E-state index in [9.17, 15) is 4.79 Å². The monoisotopic (exact) mass is 187 g/mol. The Labute approximate surface area is 83.3 Å². The lowest BCUT2D eigenvalue weighted by molar-refractivity contribution is -0.118. The normalized spacial score (nSPS) is 22.4. The van der Waals surface area contributed by atoms with Gasteiger partial charge in [0.25, 0.3) is 0 Å². The SMILES string of the molecule is O=C1CC2(CCC2)c2ccccc2N1. The zero-order valence-corrected chi connectivity index (χ0v) is 8.05. The van der Waals surface area contributed by atoms with Gasteiger partial charge in [0.2, 0.25) is 5.91 Å². The second-order valence-corrected chi connectivity index (χ2v) is 4.40. The first-order valence-electron chi connectivity index (χ1n) is 5.20. The molecule has 1 aromatic rings. The molecule has 0 atom stereocenters. The molecule has 0 radical (unpaired) electrons. The van der Waals surface area contributed by atoms with E-state index in [0.29, 0.717) is 6.42 Å². The summed E-state index contributed by atoms with van der Waals surface area (Å²) in [6.45, 7) is 0. The van der Waals surface area contributed by atoms with E-state index in [4.69, 9.17) is 0 Å². The summed E-state index contributed by atoms with van der Waals surface area (Å²) in [7, 11) is 0. The molecule has 1 aliphatic carbocycles. The minimum absolute atomic E-state index is 0.184. The molecule has 1 heterocycles. The van der Waals surface area contributed by atoms with Gasteiger partial charge in [-0.15, -0.1) is 0 Å². The van der Waals surface area contributed by atoms with Gasteiger partial charge in [0.1, 0.15) is 0 Å². The Morgan fingerprint density at radius 2 is 2.00 bits per heavy atom. The maximum atomic E-state index is 11.5. The number of para-hydroxylation sites is 1. The van der Waals surface area contributed by atoms with Crippen LogP contribution in [-0.2, 0) is 10.2 Å². The number of carbonyl (C=O) groups excluding carboxylic acids is 1. The minimum Gasteiger partial charge on any atom is -0.326 e. The van der Waals surface area contributed by atoms with Crippen LogP contribution in [0.5, 0.6) is 0 Å². The van der Waals surface area contributed by atoms with Gasteiger partial charge in [0, 0.05) is 17.5 Å². The smallest absolute Gasteiger partial charge is 0.225 e. The molecule has 1 fully saturated rings. The van der Waals surface area contributed by atoms with E-state index >= 15 is 0 Å². The van der Waals surface area contributed by atoms with Gasteiger partial charge in [-0.05, 0) is 24.5 Å². The van der Waals surface area contributed by atoms with Crippen LogP contribution in [0.1, 0.15) is 31.2 Å². The van der Waals surface area contributed by atoms with Crippen molar-refractivity contribution in [2.75, 3.05) is 5.32 Å². The second kappa shape index (κ2) is 2.59. The quantitative estimate of drug-likeness (QED) is 0.664. The standard InChI is InChI=1S/C12H13NO/c14-11-8-12(6-3-7-12)9-4-1-2-5-10(9)13-11/h1-2,4-5H,3,6-8H2,(H,13,14). The molecular weight excluding hydrogens is 174 g/mol. The highest BCUT2D eigenvalue weighted by molar-refractivity contribution is 5.95. The van der Waals surface area contributed by atoms with Crippen molar-refractivity contribution in [3.05, 3.63) is 29.8 Å². The van der Waals surface area contributed by atoms with E-state index in [2.05, 4.69) is 17.4 Å². The van der Waals surface area contributed by atoms with Crippen molar-refractivity contribution in [2.24, 2.45) is 0 Å². The molecule has 1 amide bonds. The first-order valence-corrected chi connectivity index (χ1v) is 5.20. The summed E-state index contributed by atoms with van der Waals surface area (Å²) in [6.07, 6.45) is 4.31. The minimum atomic E-state index is 0.184. The Morgan fingerprint density at radius 1 is 1.21 bits per heavy atom. The Hall–Kier alpha value is -1.31. The Morgan fingerprint density at radius 3 is 2.71 bits per heavy atom. The summed E-state index contributed by atoms with van der Waals surface area (Å²) in [5.41, 5.74) is 2.58.